The van der Waals surface area contributed by atoms with Crippen molar-refractivity contribution in [1.82, 2.24) is 9.88 Å². The van der Waals surface area contributed by atoms with Crippen LogP contribution in [0, 0.1) is 0 Å². The van der Waals surface area contributed by atoms with Gasteiger partial charge in [0.15, 0.2) is 11.5 Å². The van der Waals surface area contributed by atoms with Crippen LogP contribution < -0.4 is 20.1 Å². The van der Waals surface area contributed by atoms with Gasteiger partial charge in [-0.05, 0) is 30.7 Å². The first-order valence-electron chi connectivity index (χ1n) is 8.26. The Morgan fingerprint density at radius 1 is 1.16 bits per heavy atom. The maximum Gasteiger partial charge on any atom is 0.319 e. The van der Waals surface area contributed by atoms with Gasteiger partial charge >= 0.3 is 6.03 Å². The predicted octanol–water partition coefficient (Wildman–Crippen LogP) is 3.71. The van der Waals surface area contributed by atoms with Gasteiger partial charge in [-0.15, -0.1) is 0 Å². The molecule has 0 bridgehead atoms. The molecule has 1 aromatic heterocycles. The molecule has 4 rings (SSSR count). The van der Waals surface area contributed by atoms with Crippen LogP contribution in [0.5, 0.6) is 11.5 Å². The predicted molar refractivity (Wildman–Crippen MR) is 96.0 cm³/mol. The number of nitrogens with one attached hydrogen (secondary N) is 2. The molecular formula is C19H19N3O3. The number of anilines is 1. The first-order valence-corrected chi connectivity index (χ1v) is 8.26. The Labute approximate surface area is 145 Å². The highest BCUT2D eigenvalue weighted by molar-refractivity contribution is 6.01. The molecule has 0 saturated heterocycles. The van der Waals surface area contributed by atoms with Gasteiger partial charge in [-0.3, -0.25) is 0 Å². The molecule has 2 aromatic carbocycles. The standard InChI is InChI=1S/C19H19N3O3/c1-2-22-11-15(14-5-3-4-6-16(14)22)21-19(23)20-10-13-7-8-17-18(9-13)25-12-24-17/h3-9,11H,2,10,12H2,1H3,(H2,20,21,23). The molecule has 2 amide bonds. The molecule has 2 N–H and O–H groups in total. The number of aromatic nitrogens is 1. The number of amides is 2. The first-order chi connectivity index (χ1) is 12.2. The maximum atomic E-state index is 12.3. The summed E-state index contributed by atoms with van der Waals surface area (Å²) in [7, 11) is 0. The number of benzene rings is 2. The third-order valence-electron chi connectivity index (χ3n) is 4.27. The van der Waals surface area contributed by atoms with Crippen molar-refractivity contribution in [2.45, 2.75) is 20.0 Å². The van der Waals surface area contributed by atoms with Gasteiger partial charge in [-0.25, -0.2) is 4.79 Å². The van der Waals surface area contributed by atoms with Gasteiger partial charge in [0.1, 0.15) is 0 Å². The second-order valence-electron chi connectivity index (χ2n) is 5.84. The first kappa shape index (κ1) is 15.4. The molecule has 128 valence electrons. The van der Waals surface area contributed by atoms with Gasteiger partial charge in [0.25, 0.3) is 0 Å². The summed E-state index contributed by atoms with van der Waals surface area (Å²) in [6.45, 7) is 3.58. The number of fused-ring (bicyclic) bond motifs is 2. The summed E-state index contributed by atoms with van der Waals surface area (Å²) in [6.07, 6.45) is 1.96. The fraction of sp³-hybridized carbons (Fsp3) is 0.211. The monoisotopic (exact) mass is 337 g/mol. The van der Waals surface area contributed by atoms with Crippen molar-refractivity contribution in [3.05, 3.63) is 54.2 Å². The van der Waals surface area contributed by atoms with Gasteiger partial charge in [0, 0.05) is 24.7 Å². The zero-order chi connectivity index (χ0) is 17.2. The molecular weight excluding hydrogens is 318 g/mol. The van der Waals surface area contributed by atoms with Gasteiger partial charge in [0.05, 0.1) is 11.2 Å². The highest BCUT2D eigenvalue weighted by Gasteiger charge is 2.14. The van der Waals surface area contributed by atoms with Crippen LogP contribution in [-0.4, -0.2) is 17.4 Å². The minimum Gasteiger partial charge on any atom is -0.454 e. The molecule has 1 aliphatic rings. The molecule has 2 heterocycles. The number of urea groups is 1. The fourth-order valence-corrected chi connectivity index (χ4v) is 3.01. The molecule has 6 heteroatoms. The summed E-state index contributed by atoms with van der Waals surface area (Å²) in [6, 6.07) is 13.4. The Morgan fingerprint density at radius 3 is 2.88 bits per heavy atom. The van der Waals surface area contributed by atoms with Crippen LogP contribution in [-0.2, 0) is 13.1 Å². The third-order valence-corrected chi connectivity index (χ3v) is 4.27. The lowest BCUT2D eigenvalue weighted by Crippen LogP contribution is -2.28. The van der Waals surface area contributed by atoms with E-state index < -0.39 is 0 Å². The molecule has 0 spiro atoms. The van der Waals surface area contributed by atoms with Gasteiger partial charge in [-0.2, -0.15) is 0 Å². The molecule has 6 nitrogen and oxygen atoms in total. The quantitative estimate of drug-likeness (QED) is 0.763. The van der Waals surface area contributed by atoms with E-state index in [1.165, 1.54) is 0 Å². The van der Waals surface area contributed by atoms with Crippen LogP contribution in [0.2, 0.25) is 0 Å². The molecule has 3 aromatic rings. The number of para-hydroxylation sites is 1. The molecule has 0 aliphatic carbocycles. The molecule has 25 heavy (non-hydrogen) atoms. The molecule has 0 unspecified atom stereocenters. The highest BCUT2D eigenvalue weighted by atomic mass is 16.7. The van der Waals surface area contributed by atoms with Crippen LogP contribution in [0.25, 0.3) is 10.9 Å². The fourth-order valence-electron chi connectivity index (χ4n) is 3.01. The summed E-state index contributed by atoms with van der Waals surface area (Å²) < 4.78 is 12.8. The lowest BCUT2D eigenvalue weighted by atomic mass is 10.2. The van der Waals surface area contributed by atoms with Gasteiger partial charge in [-0.1, -0.05) is 24.3 Å². The van der Waals surface area contributed by atoms with E-state index in [0.29, 0.717) is 12.3 Å². The second-order valence-corrected chi connectivity index (χ2v) is 5.84. The van der Waals surface area contributed by atoms with E-state index in [-0.39, 0.29) is 12.8 Å². The van der Waals surface area contributed by atoms with Crippen LogP contribution >= 0.6 is 0 Å². The van der Waals surface area contributed by atoms with E-state index in [2.05, 4.69) is 28.2 Å². The minimum atomic E-state index is -0.239. The summed E-state index contributed by atoms with van der Waals surface area (Å²) >= 11 is 0. The summed E-state index contributed by atoms with van der Waals surface area (Å²) in [4.78, 5) is 12.3. The van der Waals surface area contributed by atoms with Crippen LogP contribution in [0.1, 0.15) is 12.5 Å². The van der Waals surface area contributed by atoms with Crippen molar-refractivity contribution < 1.29 is 14.3 Å². The molecule has 1 aliphatic heterocycles. The SMILES string of the molecule is CCn1cc(NC(=O)NCc2ccc3c(c2)OCO3)c2ccccc21. The number of ether oxygens (including phenoxy) is 2. The van der Waals surface area contributed by atoms with Crippen molar-refractivity contribution in [2.24, 2.45) is 0 Å². The molecule has 0 radical (unpaired) electrons. The number of hydrogen-bond acceptors (Lipinski definition) is 3. The summed E-state index contributed by atoms with van der Waals surface area (Å²) in [5, 5.41) is 6.84. The number of aryl methyl sites for hydroxylation is 1. The smallest absolute Gasteiger partial charge is 0.319 e. The van der Waals surface area contributed by atoms with Crippen molar-refractivity contribution >= 4 is 22.6 Å². The van der Waals surface area contributed by atoms with Crippen LogP contribution in [0.15, 0.2) is 48.7 Å². The highest BCUT2D eigenvalue weighted by Crippen LogP contribution is 2.32. The van der Waals surface area contributed by atoms with E-state index >= 15 is 0 Å². The Hall–Kier alpha value is -3.15. The maximum absolute atomic E-state index is 12.3. The lowest BCUT2D eigenvalue weighted by molar-refractivity contribution is 0.174. The van der Waals surface area contributed by atoms with Crippen LogP contribution in [0.4, 0.5) is 10.5 Å². The minimum absolute atomic E-state index is 0.239. The normalized spacial score (nSPS) is 12.4. The van der Waals surface area contributed by atoms with E-state index in [1.807, 2.05) is 42.6 Å². The zero-order valence-corrected chi connectivity index (χ0v) is 13.9. The Bertz CT molecular complexity index is 933. The average molecular weight is 337 g/mol. The van der Waals surface area contributed by atoms with Gasteiger partial charge < -0.3 is 24.7 Å². The summed E-state index contributed by atoms with van der Waals surface area (Å²) in [5.74, 6) is 1.45. The van der Waals surface area contributed by atoms with E-state index in [1.54, 1.807) is 0 Å². The van der Waals surface area contributed by atoms with Crippen molar-refractivity contribution in [2.75, 3.05) is 12.1 Å². The molecule has 0 atom stereocenters. The second kappa shape index (κ2) is 6.39. The Morgan fingerprint density at radius 2 is 2.00 bits per heavy atom. The molecule has 0 fully saturated rings. The zero-order valence-electron chi connectivity index (χ0n) is 13.9. The Kier molecular flexibility index (Phi) is 3.93. The topological polar surface area (TPSA) is 64.5 Å². The number of carbonyl (C=O) groups excluding carboxylic acids is 1. The van der Waals surface area contributed by atoms with E-state index in [4.69, 9.17) is 9.47 Å². The molecule has 0 saturated carbocycles. The van der Waals surface area contributed by atoms with E-state index in [0.717, 1.165) is 34.4 Å². The largest absolute Gasteiger partial charge is 0.454 e. The van der Waals surface area contributed by atoms with Gasteiger partial charge in [0.2, 0.25) is 6.79 Å². The van der Waals surface area contributed by atoms with Crippen molar-refractivity contribution in [1.29, 1.82) is 0 Å². The Balaban J connectivity index is 1.44. The number of rotatable bonds is 4. The number of nitrogens with zero attached hydrogens (tertiary/aromatic N) is 1. The number of hydrogen-bond donors (Lipinski definition) is 2. The third kappa shape index (κ3) is 2.98. The number of carbonyl (C=O) groups is 1. The summed E-state index contributed by atoms with van der Waals surface area (Å²) in [5.41, 5.74) is 2.87. The van der Waals surface area contributed by atoms with Crippen molar-refractivity contribution in [3.8, 4) is 11.5 Å². The van der Waals surface area contributed by atoms with Crippen molar-refractivity contribution in [3.63, 3.8) is 0 Å². The van der Waals surface area contributed by atoms with Crippen LogP contribution in [0.3, 0.4) is 0 Å². The average Bonchev–Trinajstić information content (AvgIpc) is 3.24. The van der Waals surface area contributed by atoms with E-state index in [9.17, 15) is 4.79 Å². The lowest BCUT2D eigenvalue weighted by Gasteiger charge is -2.07.